The van der Waals surface area contributed by atoms with Gasteiger partial charge in [-0.05, 0) is 56.5 Å². The number of benzene rings is 2. The van der Waals surface area contributed by atoms with Crippen molar-refractivity contribution in [3.05, 3.63) is 70.2 Å². The maximum atomic E-state index is 13.2. The molecule has 1 aromatic heterocycles. The Morgan fingerprint density at radius 2 is 1.90 bits per heavy atom. The summed E-state index contributed by atoms with van der Waals surface area (Å²) in [6, 6.07) is 15.2. The van der Waals surface area contributed by atoms with Crippen molar-refractivity contribution in [3.8, 4) is 0 Å². The molecule has 1 atom stereocenters. The van der Waals surface area contributed by atoms with Gasteiger partial charge >= 0.3 is 6.03 Å². The number of thiazole rings is 1. The minimum Gasteiger partial charge on any atom is -0.308 e. The van der Waals surface area contributed by atoms with E-state index >= 15 is 0 Å². The summed E-state index contributed by atoms with van der Waals surface area (Å²) in [5, 5.41) is 5.92. The minimum absolute atomic E-state index is 0.0791. The van der Waals surface area contributed by atoms with Crippen LogP contribution in [0.2, 0.25) is 0 Å². The molecule has 2 aromatic carbocycles. The molecule has 0 radical (unpaired) electrons. The first-order valence-electron chi connectivity index (χ1n) is 9.46. The van der Waals surface area contributed by atoms with Gasteiger partial charge in [0.15, 0.2) is 5.13 Å². The third kappa shape index (κ3) is 3.86. The van der Waals surface area contributed by atoms with Gasteiger partial charge in [-0.25, -0.2) is 9.78 Å². The van der Waals surface area contributed by atoms with Gasteiger partial charge in [0, 0.05) is 17.4 Å². The van der Waals surface area contributed by atoms with Gasteiger partial charge < -0.3 is 10.2 Å². The number of hydrogen-bond donors (Lipinski definition) is 2. The van der Waals surface area contributed by atoms with E-state index in [0.717, 1.165) is 17.7 Å². The highest BCUT2D eigenvalue weighted by Gasteiger charge is 2.33. The molecule has 1 unspecified atom stereocenters. The number of urea groups is 1. The first kappa shape index (κ1) is 19.1. The predicted molar refractivity (Wildman–Crippen MR) is 117 cm³/mol. The molecule has 1 aliphatic heterocycles. The zero-order valence-electron chi connectivity index (χ0n) is 16.5. The number of fused-ring (bicyclic) bond motifs is 1. The van der Waals surface area contributed by atoms with Crippen LogP contribution in [0, 0.1) is 13.8 Å². The molecule has 0 aliphatic carbocycles. The molecule has 1 aliphatic rings. The second-order valence-corrected chi connectivity index (χ2v) is 8.24. The van der Waals surface area contributed by atoms with Gasteiger partial charge in [-0.2, -0.15) is 0 Å². The van der Waals surface area contributed by atoms with Crippen molar-refractivity contribution in [2.75, 3.05) is 15.5 Å². The number of anilines is 3. The average molecular weight is 407 g/mol. The highest BCUT2D eigenvalue weighted by Crippen LogP contribution is 2.35. The predicted octanol–water partition coefficient (Wildman–Crippen LogP) is 5.00. The summed E-state index contributed by atoms with van der Waals surface area (Å²) >= 11 is 1.20. The lowest BCUT2D eigenvalue weighted by atomic mass is 10.1. The molecule has 7 heteroatoms. The molecule has 3 amide bonds. The molecule has 29 heavy (non-hydrogen) atoms. The topological polar surface area (TPSA) is 74.3 Å². The number of carbonyl (C=O) groups excluding carboxylic acids is 2. The van der Waals surface area contributed by atoms with Crippen LogP contribution in [0.3, 0.4) is 0 Å². The summed E-state index contributed by atoms with van der Waals surface area (Å²) in [7, 11) is 0. The molecule has 148 valence electrons. The smallest absolute Gasteiger partial charge is 0.308 e. The van der Waals surface area contributed by atoms with E-state index in [1.54, 1.807) is 6.92 Å². The molecule has 4 rings (SSSR count). The molecule has 3 aromatic rings. The Morgan fingerprint density at radius 3 is 2.69 bits per heavy atom. The number of nitrogens with one attached hydrogen (secondary N) is 2. The third-order valence-electron chi connectivity index (χ3n) is 4.91. The summed E-state index contributed by atoms with van der Waals surface area (Å²) in [6.45, 7) is 5.80. The number of hydrogen-bond acceptors (Lipinski definition) is 4. The van der Waals surface area contributed by atoms with Gasteiger partial charge in [0.2, 0.25) is 0 Å². The lowest BCUT2D eigenvalue weighted by Gasteiger charge is -2.22. The van der Waals surface area contributed by atoms with Crippen molar-refractivity contribution in [1.29, 1.82) is 0 Å². The van der Waals surface area contributed by atoms with Gasteiger partial charge in [0.1, 0.15) is 4.88 Å². The molecular formula is C22H22N4O2S. The van der Waals surface area contributed by atoms with Crippen molar-refractivity contribution in [3.63, 3.8) is 0 Å². The number of aromatic nitrogens is 1. The fourth-order valence-corrected chi connectivity index (χ4v) is 4.51. The fraction of sp³-hybridized carbons (Fsp3) is 0.227. The minimum atomic E-state index is -0.386. The summed E-state index contributed by atoms with van der Waals surface area (Å²) < 4.78 is 0. The van der Waals surface area contributed by atoms with Gasteiger partial charge in [0.05, 0.1) is 5.69 Å². The van der Waals surface area contributed by atoms with E-state index in [1.165, 1.54) is 16.9 Å². The van der Waals surface area contributed by atoms with Gasteiger partial charge in [0.25, 0.3) is 5.91 Å². The number of rotatable bonds is 3. The normalized spacial score (nSPS) is 15.1. The lowest BCUT2D eigenvalue weighted by Crippen LogP contribution is -2.35. The zero-order valence-corrected chi connectivity index (χ0v) is 17.3. The number of para-hydroxylation sites is 1. The second-order valence-electron chi connectivity index (χ2n) is 7.24. The molecule has 0 bridgehead atoms. The average Bonchev–Trinajstić information content (AvgIpc) is 3.19. The van der Waals surface area contributed by atoms with Crippen LogP contribution in [-0.2, 0) is 6.42 Å². The Bertz CT molecular complexity index is 1090. The number of nitrogens with zero attached hydrogens (tertiary/aromatic N) is 2. The SMILES string of the molecule is Cc1cccc(NC(=O)Nc2nc(C)c(C(=O)N3c4ccccc4CC3C)s2)c1. The summed E-state index contributed by atoms with van der Waals surface area (Å²) in [6.07, 6.45) is 0.837. The molecule has 2 N–H and O–H groups in total. The second kappa shape index (κ2) is 7.67. The Kier molecular flexibility index (Phi) is 5.07. The molecule has 0 saturated carbocycles. The van der Waals surface area contributed by atoms with Crippen molar-refractivity contribution in [1.82, 2.24) is 4.98 Å². The van der Waals surface area contributed by atoms with E-state index in [2.05, 4.69) is 21.7 Å². The van der Waals surface area contributed by atoms with Crippen LogP contribution in [0.4, 0.5) is 21.3 Å². The zero-order chi connectivity index (χ0) is 20.5. The Labute approximate surface area is 173 Å². The van der Waals surface area contributed by atoms with Gasteiger partial charge in [-0.15, -0.1) is 0 Å². The number of amides is 3. The van der Waals surface area contributed by atoms with Crippen molar-refractivity contribution in [2.45, 2.75) is 33.2 Å². The van der Waals surface area contributed by atoms with E-state index in [9.17, 15) is 9.59 Å². The third-order valence-corrected chi connectivity index (χ3v) is 5.97. The molecule has 0 saturated heterocycles. The largest absolute Gasteiger partial charge is 0.325 e. The van der Waals surface area contributed by atoms with Crippen LogP contribution in [0.25, 0.3) is 0 Å². The molecule has 6 nitrogen and oxygen atoms in total. The Balaban J connectivity index is 1.51. The van der Waals surface area contributed by atoms with Gasteiger partial charge in [-0.3, -0.25) is 10.1 Å². The lowest BCUT2D eigenvalue weighted by molar-refractivity contribution is 0.0984. The van der Waals surface area contributed by atoms with Crippen LogP contribution >= 0.6 is 11.3 Å². The van der Waals surface area contributed by atoms with Crippen molar-refractivity contribution < 1.29 is 9.59 Å². The number of aryl methyl sites for hydroxylation is 2. The highest BCUT2D eigenvalue weighted by molar-refractivity contribution is 7.17. The fourth-order valence-electron chi connectivity index (χ4n) is 3.62. The molecule has 0 spiro atoms. The van der Waals surface area contributed by atoms with Crippen LogP contribution < -0.4 is 15.5 Å². The quantitative estimate of drug-likeness (QED) is 0.643. The maximum absolute atomic E-state index is 13.2. The first-order valence-corrected chi connectivity index (χ1v) is 10.3. The monoisotopic (exact) mass is 406 g/mol. The molecule has 0 fully saturated rings. The van der Waals surface area contributed by atoms with E-state index in [-0.39, 0.29) is 18.0 Å². The van der Waals surface area contributed by atoms with E-state index < -0.39 is 0 Å². The van der Waals surface area contributed by atoms with E-state index in [1.807, 2.05) is 61.2 Å². The summed E-state index contributed by atoms with van der Waals surface area (Å²) in [4.78, 5) is 32.3. The first-order chi connectivity index (χ1) is 13.9. The summed E-state index contributed by atoms with van der Waals surface area (Å²) in [5.74, 6) is -0.0791. The van der Waals surface area contributed by atoms with Crippen LogP contribution in [0.5, 0.6) is 0 Å². The van der Waals surface area contributed by atoms with Gasteiger partial charge in [-0.1, -0.05) is 41.7 Å². The van der Waals surface area contributed by atoms with Crippen LogP contribution in [0.1, 0.15) is 33.4 Å². The highest BCUT2D eigenvalue weighted by atomic mass is 32.1. The Morgan fingerprint density at radius 1 is 1.10 bits per heavy atom. The molecular weight excluding hydrogens is 384 g/mol. The van der Waals surface area contributed by atoms with E-state index in [4.69, 9.17) is 0 Å². The Hall–Kier alpha value is -3.19. The van der Waals surface area contributed by atoms with Crippen LogP contribution in [0.15, 0.2) is 48.5 Å². The summed E-state index contributed by atoms with van der Waals surface area (Å²) in [5.41, 5.74) is 4.49. The van der Waals surface area contributed by atoms with Crippen molar-refractivity contribution >= 4 is 39.8 Å². The van der Waals surface area contributed by atoms with Crippen LogP contribution in [-0.4, -0.2) is 23.0 Å². The van der Waals surface area contributed by atoms with E-state index in [0.29, 0.717) is 21.4 Å². The number of carbonyl (C=O) groups is 2. The van der Waals surface area contributed by atoms with Crippen molar-refractivity contribution in [2.24, 2.45) is 0 Å². The molecule has 2 heterocycles. The maximum Gasteiger partial charge on any atom is 0.325 e. The standard InChI is InChI=1S/C22H22N4O2S/c1-13-7-6-9-17(11-13)24-21(28)25-22-23-15(3)19(29-22)20(27)26-14(2)12-16-8-4-5-10-18(16)26/h4-11,14H,12H2,1-3H3,(H2,23,24,25,28).